The molecule has 0 saturated carbocycles. The molecule has 3 aromatic carbocycles. The van der Waals surface area contributed by atoms with E-state index >= 15 is 0 Å². The third-order valence-electron chi connectivity index (χ3n) is 4.10. The fourth-order valence-electron chi connectivity index (χ4n) is 2.51. The number of anilines is 1. The van der Waals surface area contributed by atoms with Crippen LogP contribution in [0.5, 0.6) is 0 Å². The number of nitro benzene ring substituents is 2. The molecule has 12 nitrogen and oxygen atoms in total. The first kappa shape index (κ1) is 23.1. The molecule has 13 heteroatoms. The minimum absolute atomic E-state index is 0.232. The summed E-state index contributed by atoms with van der Waals surface area (Å²) < 4.78 is 0.575. The third-order valence-corrected chi connectivity index (χ3v) is 4.79. The van der Waals surface area contributed by atoms with Gasteiger partial charge in [-0.15, -0.1) is 10.2 Å². The van der Waals surface area contributed by atoms with Crippen LogP contribution in [0.2, 0.25) is 0 Å². The standard InChI is InChI=1S/C20H12BrN5O7/c21-17-4-2-1-3-15(17)20(28)33-24-13-7-5-12(6-8-13)22-23-19(27)16-10-9-14(25(29)30)11-18(16)26(31)32/h1-11,24H. The Bertz CT molecular complexity index is 1280. The number of nitro groups is 2. The van der Waals surface area contributed by atoms with Gasteiger partial charge in [0.2, 0.25) is 0 Å². The Morgan fingerprint density at radius 2 is 1.61 bits per heavy atom. The first-order valence-corrected chi connectivity index (χ1v) is 9.76. The lowest BCUT2D eigenvalue weighted by Crippen LogP contribution is -2.11. The number of carbonyl (C=O) groups is 2. The number of halogens is 1. The number of rotatable bonds is 7. The number of carbonyl (C=O) groups excluding carboxylic acids is 2. The van der Waals surface area contributed by atoms with E-state index in [1.54, 1.807) is 24.3 Å². The summed E-state index contributed by atoms with van der Waals surface area (Å²) in [4.78, 5) is 49.5. The van der Waals surface area contributed by atoms with Crippen molar-refractivity contribution in [3.63, 3.8) is 0 Å². The van der Waals surface area contributed by atoms with Crippen LogP contribution in [0.1, 0.15) is 20.7 Å². The largest absolute Gasteiger partial charge is 0.363 e. The molecule has 0 saturated heterocycles. The third kappa shape index (κ3) is 5.80. The summed E-state index contributed by atoms with van der Waals surface area (Å²) >= 11 is 3.25. The molecule has 33 heavy (non-hydrogen) atoms. The number of nitrogens with one attached hydrogen (secondary N) is 1. The fourth-order valence-corrected chi connectivity index (χ4v) is 2.95. The molecule has 0 spiro atoms. The van der Waals surface area contributed by atoms with Gasteiger partial charge in [0.25, 0.3) is 11.4 Å². The highest BCUT2D eigenvalue weighted by atomic mass is 79.9. The fraction of sp³-hybridized carbons (Fsp3) is 0. The van der Waals surface area contributed by atoms with Gasteiger partial charge in [0, 0.05) is 10.5 Å². The summed E-state index contributed by atoms with van der Waals surface area (Å²) in [7, 11) is 0. The number of amides is 1. The van der Waals surface area contributed by atoms with E-state index in [0.29, 0.717) is 21.8 Å². The lowest BCUT2D eigenvalue weighted by Gasteiger charge is -2.07. The average molecular weight is 514 g/mol. The Morgan fingerprint density at radius 3 is 2.24 bits per heavy atom. The zero-order valence-corrected chi connectivity index (χ0v) is 18.0. The molecule has 0 aliphatic rings. The van der Waals surface area contributed by atoms with E-state index in [1.807, 2.05) is 0 Å². The van der Waals surface area contributed by atoms with Gasteiger partial charge in [0.1, 0.15) is 5.56 Å². The number of benzene rings is 3. The Balaban J connectivity index is 1.66. The maximum absolute atomic E-state index is 12.2. The number of azo groups is 1. The maximum atomic E-state index is 12.2. The van der Waals surface area contributed by atoms with Crippen LogP contribution >= 0.6 is 15.9 Å². The molecular weight excluding hydrogens is 502 g/mol. The van der Waals surface area contributed by atoms with Crippen LogP contribution in [0.4, 0.5) is 22.7 Å². The van der Waals surface area contributed by atoms with Crippen LogP contribution in [-0.2, 0) is 4.84 Å². The zero-order chi connectivity index (χ0) is 24.0. The van der Waals surface area contributed by atoms with Crippen molar-refractivity contribution in [2.75, 3.05) is 5.48 Å². The highest BCUT2D eigenvalue weighted by Gasteiger charge is 2.24. The number of non-ortho nitro benzene ring substituents is 1. The number of hydrogen-bond acceptors (Lipinski definition) is 9. The maximum Gasteiger partial charge on any atom is 0.363 e. The molecule has 0 aromatic heterocycles. The lowest BCUT2D eigenvalue weighted by atomic mass is 10.1. The summed E-state index contributed by atoms with van der Waals surface area (Å²) in [6.45, 7) is 0. The van der Waals surface area contributed by atoms with Crippen molar-refractivity contribution >= 4 is 50.6 Å². The average Bonchev–Trinajstić information content (AvgIpc) is 2.81. The quantitative estimate of drug-likeness (QED) is 0.249. The van der Waals surface area contributed by atoms with Gasteiger partial charge in [0.05, 0.1) is 32.9 Å². The van der Waals surface area contributed by atoms with Gasteiger partial charge in [-0.2, -0.15) is 0 Å². The van der Waals surface area contributed by atoms with Crippen LogP contribution < -0.4 is 5.48 Å². The number of nitrogens with zero attached hydrogens (tertiary/aromatic N) is 4. The Labute approximate surface area is 193 Å². The summed E-state index contributed by atoms with van der Waals surface area (Å²) in [5.74, 6) is -1.65. The van der Waals surface area contributed by atoms with Crippen molar-refractivity contribution in [3.05, 3.63) is 103 Å². The molecule has 3 rings (SSSR count). The first-order valence-electron chi connectivity index (χ1n) is 8.97. The minimum Gasteiger partial charge on any atom is -0.338 e. The van der Waals surface area contributed by atoms with Crippen molar-refractivity contribution in [1.29, 1.82) is 0 Å². The second-order valence-corrected chi connectivity index (χ2v) is 7.09. The van der Waals surface area contributed by atoms with Crippen molar-refractivity contribution in [3.8, 4) is 0 Å². The van der Waals surface area contributed by atoms with E-state index in [-0.39, 0.29) is 5.69 Å². The molecule has 0 fully saturated rings. The van der Waals surface area contributed by atoms with Gasteiger partial charge >= 0.3 is 11.9 Å². The summed E-state index contributed by atoms with van der Waals surface area (Å²) in [6, 6.07) is 15.2. The molecule has 166 valence electrons. The highest BCUT2D eigenvalue weighted by Crippen LogP contribution is 2.26. The van der Waals surface area contributed by atoms with E-state index in [2.05, 4.69) is 31.6 Å². The Morgan fingerprint density at radius 1 is 0.909 bits per heavy atom. The minimum atomic E-state index is -1.04. The van der Waals surface area contributed by atoms with E-state index in [1.165, 1.54) is 24.3 Å². The number of hydrogen-bond donors (Lipinski definition) is 1. The van der Waals surface area contributed by atoms with Gasteiger partial charge in [0.15, 0.2) is 0 Å². The van der Waals surface area contributed by atoms with Crippen LogP contribution in [0.15, 0.2) is 81.4 Å². The molecule has 1 N–H and O–H groups in total. The Hall–Kier alpha value is -4.52. The van der Waals surface area contributed by atoms with Gasteiger partial charge in [-0.3, -0.25) is 25.0 Å². The van der Waals surface area contributed by atoms with E-state index in [9.17, 15) is 29.8 Å². The molecular formula is C20H12BrN5O7. The van der Waals surface area contributed by atoms with Crippen LogP contribution in [0.25, 0.3) is 0 Å². The van der Waals surface area contributed by atoms with Gasteiger partial charge in [-0.05, 0) is 58.4 Å². The summed E-state index contributed by atoms with van der Waals surface area (Å²) in [6.07, 6.45) is 0. The zero-order valence-electron chi connectivity index (χ0n) is 16.4. The molecule has 1 amide bonds. The van der Waals surface area contributed by atoms with E-state index < -0.39 is 38.7 Å². The van der Waals surface area contributed by atoms with E-state index in [0.717, 1.165) is 12.1 Å². The van der Waals surface area contributed by atoms with Crippen molar-refractivity contribution in [2.45, 2.75) is 0 Å². The molecule has 0 aliphatic carbocycles. The topological polar surface area (TPSA) is 166 Å². The molecule has 0 aliphatic heterocycles. The summed E-state index contributed by atoms with van der Waals surface area (Å²) in [5.41, 5.74) is 1.73. The van der Waals surface area contributed by atoms with Crippen LogP contribution in [0, 0.1) is 20.2 Å². The van der Waals surface area contributed by atoms with Crippen LogP contribution in [-0.4, -0.2) is 21.7 Å². The SMILES string of the molecule is O=C(ONc1ccc(N=NC(=O)c2ccc([N+](=O)[O-])cc2[N+](=O)[O-])cc1)c1ccccc1Br. The second-order valence-electron chi connectivity index (χ2n) is 6.24. The molecule has 3 aromatic rings. The van der Waals surface area contributed by atoms with Gasteiger partial charge in [-0.1, -0.05) is 12.1 Å². The monoisotopic (exact) mass is 513 g/mol. The molecule has 0 radical (unpaired) electrons. The predicted molar refractivity (Wildman–Crippen MR) is 118 cm³/mol. The van der Waals surface area contributed by atoms with E-state index in [4.69, 9.17) is 4.84 Å². The second kappa shape index (κ2) is 10.2. The highest BCUT2D eigenvalue weighted by molar-refractivity contribution is 9.10. The smallest absolute Gasteiger partial charge is 0.338 e. The Kier molecular flexibility index (Phi) is 7.15. The lowest BCUT2D eigenvalue weighted by molar-refractivity contribution is -0.394. The molecule has 0 bridgehead atoms. The molecule has 0 atom stereocenters. The summed E-state index contributed by atoms with van der Waals surface area (Å²) in [5, 5.41) is 29.1. The van der Waals surface area contributed by atoms with Gasteiger partial charge in [-0.25, -0.2) is 10.3 Å². The first-order chi connectivity index (χ1) is 15.8. The molecule has 0 unspecified atom stereocenters. The van der Waals surface area contributed by atoms with Crippen molar-refractivity contribution in [2.24, 2.45) is 10.2 Å². The molecule has 0 heterocycles. The predicted octanol–water partition coefficient (Wildman–Crippen LogP) is 5.37. The van der Waals surface area contributed by atoms with Crippen molar-refractivity contribution in [1.82, 2.24) is 0 Å². The van der Waals surface area contributed by atoms with Crippen LogP contribution in [0.3, 0.4) is 0 Å². The normalized spacial score (nSPS) is 10.6. The van der Waals surface area contributed by atoms with Gasteiger partial charge < -0.3 is 4.84 Å². The van der Waals surface area contributed by atoms with Crippen molar-refractivity contribution < 1.29 is 24.3 Å².